The highest BCUT2D eigenvalue weighted by atomic mass is 32.1. The number of nitrogens with one attached hydrogen (secondary N) is 4. The van der Waals surface area contributed by atoms with E-state index in [4.69, 9.17) is 33.9 Å². The average molecular weight is 613 g/mol. The molecule has 1 fully saturated rings. The topological polar surface area (TPSA) is 101 Å². The van der Waals surface area contributed by atoms with Gasteiger partial charge in [0.1, 0.15) is 17.2 Å². The van der Waals surface area contributed by atoms with Gasteiger partial charge < -0.3 is 30.7 Å². The summed E-state index contributed by atoms with van der Waals surface area (Å²) in [6, 6.07) is 18.3. The van der Waals surface area contributed by atoms with Gasteiger partial charge in [-0.1, -0.05) is 72.9 Å². The van der Waals surface area contributed by atoms with E-state index in [1.54, 1.807) is 41.5 Å². The SMILES string of the molecule is CC(C)(C)OC(=O)C[C@H](NC(=S)N[C@@H](c1ccccc1)[C@@H](NC(=S)[C@@H]1CCCN1)c1ccccc1)C(=O)OC(C)(C)C. The van der Waals surface area contributed by atoms with E-state index in [-0.39, 0.29) is 29.7 Å². The number of rotatable bonds is 10. The molecule has 4 N–H and O–H groups in total. The summed E-state index contributed by atoms with van der Waals surface area (Å²) < 4.78 is 11.1. The largest absolute Gasteiger partial charge is 0.460 e. The van der Waals surface area contributed by atoms with Gasteiger partial charge in [-0.2, -0.15) is 0 Å². The van der Waals surface area contributed by atoms with Crippen LogP contribution in [-0.2, 0) is 19.1 Å². The van der Waals surface area contributed by atoms with Crippen molar-refractivity contribution in [2.24, 2.45) is 0 Å². The lowest BCUT2D eigenvalue weighted by Crippen LogP contribution is -2.52. The monoisotopic (exact) mass is 612 g/mol. The van der Waals surface area contributed by atoms with Crippen molar-refractivity contribution in [2.45, 2.75) is 96.2 Å². The van der Waals surface area contributed by atoms with Crippen molar-refractivity contribution in [1.29, 1.82) is 0 Å². The van der Waals surface area contributed by atoms with Crippen molar-refractivity contribution >= 4 is 46.5 Å². The van der Waals surface area contributed by atoms with Crippen LogP contribution in [0.1, 0.15) is 84.0 Å². The fourth-order valence-corrected chi connectivity index (χ4v) is 5.26. The highest BCUT2D eigenvalue weighted by molar-refractivity contribution is 7.80. The van der Waals surface area contributed by atoms with E-state index in [0.717, 1.165) is 35.5 Å². The molecular formula is C32H44N4O4S2. The van der Waals surface area contributed by atoms with E-state index < -0.39 is 29.2 Å². The lowest BCUT2D eigenvalue weighted by Gasteiger charge is -2.33. The summed E-state index contributed by atoms with van der Waals surface area (Å²) in [5.41, 5.74) is 0.526. The van der Waals surface area contributed by atoms with Crippen LogP contribution in [0.4, 0.5) is 0 Å². The molecule has 228 valence electrons. The van der Waals surface area contributed by atoms with E-state index in [0.29, 0.717) is 0 Å². The van der Waals surface area contributed by atoms with E-state index in [9.17, 15) is 9.59 Å². The minimum absolute atomic E-state index is 0.0955. The molecule has 0 aliphatic carbocycles. The highest BCUT2D eigenvalue weighted by Crippen LogP contribution is 2.30. The van der Waals surface area contributed by atoms with Crippen LogP contribution in [0.2, 0.25) is 0 Å². The number of benzene rings is 2. The fraction of sp³-hybridized carbons (Fsp3) is 0.500. The van der Waals surface area contributed by atoms with Crippen molar-refractivity contribution in [3.63, 3.8) is 0 Å². The van der Waals surface area contributed by atoms with Crippen molar-refractivity contribution < 1.29 is 19.1 Å². The maximum Gasteiger partial charge on any atom is 0.329 e. The van der Waals surface area contributed by atoms with Gasteiger partial charge in [-0.3, -0.25) is 4.79 Å². The number of thiocarbonyl (C=S) groups is 2. The fourth-order valence-electron chi connectivity index (χ4n) is 4.66. The molecule has 1 heterocycles. The molecule has 42 heavy (non-hydrogen) atoms. The summed E-state index contributed by atoms with van der Waals surface area (Å²) in [4.78, 5) is 26.7. The Kier molecular flexibility index (Phi) is 11.8. The first-order valence-corrected chi connectivity index (χ1v) is 15.2. The Morgan fingerprint density at radius 3 is 1.83 bits per heavy atom. The Labute approximate surface area is 260 Å². The van der Waals surface area contributed by atoms with E-state index >= 15 is 0 Å². The van der Waals surface area contributed by atoms with Crippen molar-refractivity contribution in [2.75, 3.05) is 6.54 Å². The Bertz CT molecular complexity index is 1210. The molecule has 1 aliphatic rings. The molecular weight excluding hydrogens is 569 g/mol. The highest BCUT2D eigenvalue weighted by Gasteiger charge is 2.33. The summed E-state index contributed by atoms with van der Waals surface area (Å²) >= 11 is 11.6. The number of hydrogen-bond donors (Lipinski definition) is 4. The summed E-state index contributed by atoms with van der Waals surface area (Å²) in [6.07, 6.45) is 1.79. The van der Waals surface area contributed by atoms with Gasteiger partial charge in [0.15, 0.2) is 5.11 Å². The smallest absolute Gasteiger partial charge is 0.329 e. The third kappa shape index (κ3) is 11.0. The van der Waals surface area contributed by atoms with Crippen LogP contribution in [-0.4, -0.2) is 51.9 Å². The van der Waals surface area contributed by atoms with Gasteiger partial charge in [-0.15, -0.1) is 0 Å². The second-order valence-electron chi connectivity index (χ2n) is 12.4. The molecule has 0 bridgehead atoms. The van der Waals surface area contributed by atoms with E-state index in [2.05, 4.69) is 21.3 Å². The Hall–Kier alpha value is -3.08. The predicted octanol–water partition coefficient (Wildman–Crippen LogP) is 5.04. The van der Waals surface area contributed by atoms with Crippen LogP contribution < -0.4 is 21.3 Å². The molecule has 4 atom stereocenters. The minimum Gasteiger partial charge on any atom is -0.460 e. The van der Waals surface area contributed by atoms with E-state index in [1.807, 2.05) is 60.7 Å². The van der Waals surface area contributed by atoms with Gasteiger partial charge in [0.2, 0.25) is 0 Å². The molecule has 1 saturated heterocycles. The van der Waals surface area contributed by atoms with Crippen LogP contribution in [0.3, 0.4) is 0 Å². The quantitative estimate of drug-likeness (QED) is 0.216. The van der Waals surface area contributed by atoms with Gasteiger partial charge in [0.05, 0.1) is 29.5 Å². The van der Waals surface area contributed by atoms with Gasteiger partial charge in [-0.25, -0.2) is 4.79 Å². The standard InChI is InChI=1S/C32H44N4O4S2/c1-31(2,3)39-25(37)20-24(29(38)40-32(4,5)6)34-30(42)36-27(22-16-11-8-12-17-22)26(21-14-9-7-10-15-21)35-28(41)23-18-13-19-33-23/h7-12,14-17,23-24,26-27,33H,13,18-20H2,1-6H3,(H,35,41)(H2,34,36,42)/t23-,24-,26-,27-/m0/s1. The maximum absolute atomic E-state index is 13.2. The van der Waals surface area contributed by atoms with Crippen LogP contribution in [0, 0.1) is 0 Å². The molecule has 8 nitrogen and oxygen atoms in total. The van der Waals surface area contributed by atoms with Gasteiger partial charge in [-0.05, 0) is 84.3 Å². The van der Waals surface area contributed by atoms with Crippen molar-refractivity contribution in [3.8, 4) is 0 Å². The third-order valence-corrected chi connectivity index (χ3v) is 7.04. The first-order chi connectivity index (χ1) is 19.7. The Morgan fingerprint density at radius 1 is 0.833 bits per heavy atom. The lowest BCUT2D eigenvalue weighted by molar-refractivity contribution is -0.164. The molecule has 1 aliphatic heterocycles. The summed E-state index contributed by atoms with van der Waals surface area (Å²) in [6.45, 7) is 11.6. The van der Waals surface area contributed by atoms with Crippen LogP contribution >= 0.6 is 24.4 Å². The molecule has 10 heteroatoms. The zero-order chi connectivity index (χ0) is 30.9. The predicted molar refractivity (Wildman–Crippen MR) is 174 cm³/mol. The lowest BCUT2D eigenvalue weighted by atomic mass is 9.93. The number of ether oxygens (including phenoxy) is 2. The Morgan fingerprint density at radius 2 is 1.36 bits per heavy atom. The first-order valence-electron chi connectivity index (χ1n) is 14.4. The number of carbonyl (C=O) groups excluding carboxylic acids is 2. The van der Waals surface area contributed by atoms with Gasteiger partial charge >= 0.3 is 11.9 Å². The zero-order valence-corrected chi connectivity index (χ0v) is 27.0. The second-order valence-corrected chi connectivity index (χ2v) is 13.3. The average Bonchev–Trinajstić information content (AvgIpc) is 3.44. The van der Waals surface area contributed by atoms with Crippen molar-refractivity contribution in [3.05, 3.63) is 71.8 Å². The van der Waals surface area contributed by atoms with Crippen LogP contribution in [0.5, 0.6) is 0 Å². The summed E-state index contributed by atoms with van der Waals surface area (Å²) in [5.74, 6) is -1.13. The van der Waals surface area contributed by atoms with Gasteiger partial charge in [0, 0.05) is 0 Å². The number of carbonyl (C=O) groups is 2. The minimum atomic E-state index is -1.05. The zero-order valence-electron chi connectivity index (χ0n) is 25.4. The van der Waals surface area contributed by atoms with Gasteiger partial charge in [0.25, 0.3) is 0 Å². The second kappa shape index (κ2) is 14.9. The Balaban J connectivity index is 1.90. The molecule has 0 saturated carbocycles. The van der Waals surface area contributed by atoms with Crippen LogP contribution in [0.15, 0.2) is 60.7 Å². The van der Waals surface area contributed by atoms with E-state index in [1.165, 1.54) is 0 Å². The summed E-state index contributed by atoms with van der Waals surface area (Å²) in [5, 5.41) is 13.7. The molecule has 0 unspecified atom stereocenters. The molecule has 3 rings (SSSR count). The molecule has 2 aromatic rings. The molecule has 2 aromatic carbocycles. The molecule has 0 radical (unpaired) electrons. The first kappa shape index (κ1) is 33.4. The third-order valence-electron chi connectivity index (χ3n) is 6.40. The number of esters is 2. The molecule has 0 aromatic heterocycles. The maximum atomic E-state index is 13.2. The molecule has 0 spiro atoms. The summed E-state index contributed by atoms with van der Waals surface area (Å²) in [7, 11) is 0. The number of hydrogen-bond acceptors (Lipinski definition) is 7. The van der Waals surface area contributed by atoms with Crippen LogP contribution in [0.25, 0.3) is 0 Å². The van der Waals surface area contributed by atoms with Crippen molar-refractivity contribution in [1.82, 2.24) is 21.3 Å². The normalized spacial score (nSPS) is 17.3. The molecule has 0 amide bonds.